The number of nitrogens with one attached hydrogen (secondary N) is 1. The number of nitrogens with two attached hydrogens (primary N) is 1. The summed E-state index contributed by atoms with van der Waals surface area (Å²) in [6.07, 6.45) is 1.08. The molecule has 0 aliphatic heterocycles. The summed E-state index contributed by atoms with van der Waals surface area (Å²) in [5.74, 6) is -0.00676. The number of hydrogen-bond donors (Lipinski definition) is 2. The number of nitrogen functional groups attached to an aromatic ring is 1. The fourth-order valence-corrected chi connectivity index (χ4v) is 3.12. The summed E-state index contributed by atoms with van der Waals surface area (Å²) in [5, 5.41) is 0. The molecule has 0 fully saturated rings. The number of rotatable bonds is 9. The number of nitrogens with zero attached hydrogens (tertiary/aromatic N) is 1. The summed E-state index contributed by atoms with van der Waals surface area (Å²) < 4.78 is 26.5. The first-order chi connectivity index (χ1) is 9.46. The van der Waals surface area contributed by atoms with Crippen molar-refractivity contribution in [2.75, 3.05) is 31.9 Å². The summed E-state index contributed by atoms with van der Waals surface area (Å²) >= 11 is 0. The van der Waals surface area contributed by atoms with E-state index in [9.17, 15) is 8.42 Å². The highest BCUT2D eigenvalue weighted by Crippen LogP contribution is 2.08. The highest BCUT2D eigenvalue weighted by Gasteiger charge is 2.11. The lowest BCUT2D eigenvalue weighted by Gasteiger charge is -2.19. The van der Waals surface area contributed by atoms with Gasteiger partial charge < -0.3 is 10.6 Å². The summed E-state index contributed by atoms with van der Waals surface area (Å²) in [4.78, 5) is 2.23. The van der Waals surface area contributed by atoms with E-state index in [2.05, 4.69) is 23.5 Å². The molecule has 0 saturated carbocycles. The molecular weight excluding hydrogens is 274 g/mol. The van der Waals surface area contributed by atoms with Crippen LogP contribution in [0.15, 0.2) is 24.3 Å². The smallest absolute Gasteiger partial charge is 0.215 e. The third-order valence-corrected chi connectivity index (χ3v) is 4.43. The van der Waals surface area contributed by atoms with E-state index in [1.165, 1.54) is 0 Å². The van der Waals surface area contributed by atoms with Crippen molar-refractivity contribution in [3.05, 3.63) is 29.8 Å². The van der Waals surface area contributed by atoms with Gasteiger partial charge in [0.1, 0.15) is 0 Å². The van der Waals surface area contributed by atoms with Gasteiger partial charge in [0.2, 0.25) is 10.0 Å². The molecule has 0 aliphatic rings. The number of benzene rings is 1. The molecule has 0 aliphatic carbocycles. The van der Waals surface area contributed by atoms with Crippen LogP contribution >= 0.6 is 0 Å². The van der Waals surface area contributed by atoms with Gasteiger partial charge in [0.05, 0.1) is 5.75 Å². The zero-order chi connectivity index (χ0) is 15.0. The Morgan fingerprint density at radius 2 is 1.80 bits per heavy atom. The Kier molecular flexibility index (Phi) is 6.98. The Bertz CT molecular complexity index is 486. The fourth-order valence-electron chi connectivity index (χ4n) is 1.99. The maximum absolute atomic E-state index is 12.0. The van der Waals surface area contributed by atoms with E-state index >= 15 is 0 Å². The predicted molar refractivity (Wildman–Crippen MR) is 83.9 cm³/mol. The van der Waals surface area contributed by atoms with Crippen LogP contribution in [0.3, 0.4) is 0 Å². The SMILES string of the molecule is CCCN(CC)CCNS(=O)(=O)Cc1ccc(N)cc1. The second-order valence-electron chi connectivity index (χ2n) is 4.83. The molecule has 0 saturated heterocycles. The number of hydrogen-bond acceptors (Lipinski definition) is 4. The Morgan fingerprint density at radius 3 is 2.35 bits per heavy atom. The molecule has 0 radical (unpaired) electrons. The topological polar surface area (TPSA) is 75.4 Å². The molecule has 0 atom stereocenters. The van der Waals surface area contributed by atoms with Gasteiger partial charge in [-0.05, 0) is 37.2 Å². The van der Waals surface area contributed by atoms with Crippen LogP contribution in [0.2, 0.25) is 0 Å². The summed E-state index contributed by atoms with van der Waals surface area (Å²) in [7, 11) is -3.28. The zero-order valence-corrected chi connectivity index (χ0v) is 13.1. The molecule has 1 aromatic rings. The van der Waals surface area contributed by atoms with Gasteiger partial charge in [-0.2, -0.15) is 0 Å². The van der Waals surface area contributed by atoms with Crippen LogP contribution in [0, 0.1) is 0 Å². The lowest BCUT2D eigenvalue weighted by Crippen LogP contribution is -2.35. The zero-order valence-electron chi connectivity index (χ0n) is 12.3. The molecule has 0 amide bonds. The van der Waals surface area contributed by atoms with E-state index in [0.717, 1.165) is 31.6 Å². The van der Waals surface area contributed by atoms with E-state index < -0.39 is 10.0 Å². The van der Waals surface area contributed by atoms with Crippen molar-refractivity contribution in [3.63, 3.8) is 0 Å². The molecule has 0 spiro atoms. The Hall–Kier alpha value is -1.11. The van der Waals surface area contributed by atoms with Crippen LogP contribution < -0.4 is 10.5 Å². The van der Waals surface area contributed by atoms with Crippen molar-refractivity contribution in [2.45, 2.75) is 26.0 Å². The van der Waals surface area contributed by atoms with E-state index in [0.29, 0.717) is 12.2 Å². The van der Waals surface area contributed by atoms with Crippen molar-refractivity contribution < 1.29 is 8.42 Å². The lowest BCUT2D eigenvalue weighted by atomic mass is 10.2. The predicted octanol–water partition coefficient (Wildman–Crippen LogP) is 1.42. The molecule has 0 unspecified atom stereocenters. The largest absolute Gasteiger partial charge is 0.399 e. The summed E-state index contributed by atoms with van der Waals surface area (Å²) in [5.41, 5.74) is 6.96. The van der Waals surface area contributed by atoms with Crippen LogP contribution in [0.5, 0.6) is 0 Å². The van der Waals surface area contributed by atoms with E-state index in [4.69, 9.17) is 5.73 Å². The normalized spacial score (nSPS) is 11.9. The number of sulfonamides is 1. The number of anilines is 1. The molecule has 1 rings (SSSR count). The minimum atomic E-state index is -3.28. The highest BCUT2D eigenvalue weighted by atomic mass is 32.2. The van der Waals surface area contributed by atoms with Gasteiger partial charge in [-0.25, -0.2) is 13.1 Å². The average Bonchev–Trinajstić information content (AvgIpc) is 2.40. The van der Waals surface area contributed by atoms with Gasteiger partial charge in [0, 0.05) is 18.8 Å². The molecule has 114 valence electrons. The minimum Gasteiger partial charge on any atom is -0.399 e. The van der Waals surface area contributed by atoms with Crippen LogP contribution in [-0.2, 0) is 15.8 Å². The van der Waals surface area contributed by atoms with E-state index in [-0.39, 0.29) is 5.75 Å². The standard InChI is InChI=1S/C14H25N3O2S/c1-3-10-17(4-2)11-9-16-20(18,19)12-13-5-7-14(15)8-6-13/h5-8,16H,3-4,9-12,15H2,1-2H3. The monoisotopic (exact) mass is 299 g/mol. The highest BCUT2D eigenvalue weighted by molar-refractivity contribution is 7.88. The second-order valence-corrected chi connectivity index (χ2v) is 6.64. The van der Waals surface area contributed by atoms with Crippen LogP contribution in [0.1, 0.15) is 25.8 Å². The second kappa shape index (κ2) is 8.24. The third-order valence-electron chi connectivity index (χ3n) is 3.07. The number of likely N-dealkylation sites (N-methyl/N-ethyl adjacent to an activating group) is 1. The Labute approximate surface area is 122 Å². The molecule has 1 aromatic carbocycles. The van der Waals surface area contributed by atoms with Crippen molar-refractivity contribution in [1.29, 1.82) is 0 Å². The van der Waals surface area contributed by atoms with Gasteiger partial charge in [0.15, 0.2) is 0 Å². The first-order valence-electron chi connectivity index (χ1n) is 7.01. The molecule has 5 nitrogen and oxygen atoms in total. The Morgan fingerprint density at radius 1 is 1.15 bits per heavy atom. The first-order valence-corrected chi connectivity index (χ1v) is 8.66. The molecule has 0 heterocycles. The van der Waals surface area contributed by atoms with Crippen LogP contribution in [-0.4, -0.2) is 39.5 Å². The molecular formula is C14H25N3O2S. The quantitative estimate of drug-likeness (QED) is 0.676. The van der Waals surface area contributed by atoms with Gasteiger partial charge in [-0.3, -0.25) is 0 Å². The molecule has 20 heavy (non-hydrogen) atoms. The Balaban J connectivity index is 2.43. The van der Waals surface area contributed by atoms with Crippen LogP contribution in [0.25, 0.3) is 0 Å². The molecule has 0 aromatic heterocycles. The van der Waals surface area contributed by atoms with Gasteiger partial charge in [-0.15, -0.1) is 0 Å². The van der Waals surface area contributed by atoms with Crippen molar-refractivity contribution in [1.82, 2.24) is 9.62 Å². The summed E-state index contributed by atoms with van der Waals surface area (Å²) in [6, 6.07) is 6.91. The van der Waals surface area contributed by atoms with Gasteiger partial charge in [0.25, 0.3) is 0 Å². The maximum atomic E-state index is 12.0. The third kappa shape index (κ3) is 6.36. The maximum Gasteiger partial charge on any atom is 0.215 e. The van der Waals surface area contributed by atoms with Crippen molar-refractivity contribution in [3.8, 4) is 0 Å². The fraction of sp³-hybridized carbons (Fsp3) is 0.571. The first kappa shape index (κ1) is 16.9. The van der Waals surface area contributed by atoms with Gasteiger partial charge in [-0.1, -0.05) is 26.0 Å². The van der Waals surface area contributed by atoms with Gasteiger partial charge >= 0.3 is 0 Å². The molecule has 0 bridgehead atoms. The molecule has 3 N–H and O–H groups in total. The van der Waals surface area contributed by atoms with Crippen molar-refractivity contribution >= 4 is 15.7 Å². The average molecular weight is 299 g/mol. The lowest BCUT2D eigenvalue weighted by molar-refractivity contribution is 0.293. The van der Waals surface area contributed by atoms with E-state index in [1.54, 1.807) is 24.3 Å². The van der Waals surface area contributed by atoms with Crippen molar-refractivity contribution in [2.24, 2.45) is 0 Å². The summed E-state index contributed by atoms with van der Waals surface area (Å²) in [6.45, 7) is 7.33. The van der Waals surface area contributed by atoms with E-state index in [1.807, 2.05) is 0 Å². The van der Waals surface area contributed by atoms with Crippen LogP contribution in [0.4, 0.5) is 5.69 Å². The molecule has 6 heteroatoms. The minimum absolute atomic E-state index is 0.00676.